The van der Waals surface area contributed by atoms with Crippen molar-refractivity contribution in [2.24, 2.45) is 0 Å². The maximum absolute atomic E-state index is 11.8. The van der Waals surface area contributed by atoms with Gasteiger partial charge in [-0.1, -0.05) is 24.3 Å². The lowest BCUT2D eigenvalue weighted by molar-refractivity contribution is 0.0703. The third-order valence-corrected chi connectivity index (χ3v) is 4.43. The van der Waals surface area contributed by atoms with E-state index < -0.39 is 0 Å². The van der Waals surface area contributed by atoms with Crippen molar-refractivity contribution < 1.29 is 14.3 Å². The van der Waals surface area contributed by atoms with Gasteiger partial charge in [0.1, 0.15) is 11.9 Å². The number of rotatable bonds is 4. The highest BCUT2D eigenvalue weighted by Gasteiger charge is 2.24. The van der Waals surface area contributed by atoms with Crippen LogP contribution in [-0.2, 0) is 4.74 Å². The van der Waals surface area contributed by atoms with Crippen LogP contribution in [0.2, 0.25) is 0 Å². The average molecular weight is 350 g/mol. The second kappa shape index (κ2) is 8.39. The fourth-order valence-corrected chi connectivity index (χ4v) is 3.08. The van der Waals surface area contributed by atoms with Gasteiger partial charge in [-0.3, -0.25) is 0 Å². The molecule has 1 saturated heterocycles. The number of carbonyl (C=O) groups excluding carboxylic acids is 1. The molecule has 2 aromatic rings. The highest BCUT2D eigenvalue weighted by molar-refractivity contribution is 5.68. The van der Waals surface area contributed by atoms with Gasteiger partial charge in [0.2, 0.25) is 0 Å². The Labute approximate surface area is 153 Å². The standard InChI is InChI=1S/C21H22N2O3/c1-2-25-21(24)23-11-9-19(10-12-23)26-20-8-4-7-18(14-20)17-6-3-5-16(13-17)15-22/h3-8,13-14,19H,2,9-12H2,1H3. The maximum Gasteiger partial charge on any atom is 0.409 e. The Morgan fingerprint density at radius 3 is 2.54 bits per heavy atom. The Balaban J connectivity index is 1.63. The van der Waals surface area contributed by atoms with Crippen LogP contribution in [0.4, 0.5) is 4.79 Å². The van der Waals surface area contributed by atoms with Gasteiger partial charge in [-0.2, -0.15) is 5.26 Å². The van der Waals surface area contributed by atoms with Crippen molar-refractivity contribution in [3.05, 3.63) is 54.1 Å². The lowest BCUT2D eigenvalue weighted by Crippen LogP contribution is -2.42. The molecule has 0 N–H and O–H groups in total. The van der Waals surface area contributed by atoms with Crippen LogP contribution in [0.25, 0.3) is 11.1 Å². The number of likely N-dealkylation sites (tertiary alicyclic amines) is 1. The first kappa shape index (κ1) is 17.8. The Kier molecular flexibility index (Phi) is 5.75. The van der Waals surface area contributed by atoms with E-state index in [9.17, 15) is 4.79 Å². The Morgan fingerprint density at radius 2 is 1.85 bits per heavy atom. The molecule has 1 aliphatic rings. The largest absolute Gasteiger partial charge is 0.490 e. The summed E-state index contributed by atoms with van der Waals surface area (Å²) in [5, 5.41) is 9.06. The lowest BCUT2D eigenvalue weighted by atomic mass is 10.0. The van der Waals surface area contributed by atoms with E-state index in [0.717, 1.165) is 29.7 Å². The fourth-order valence-electron chi connectivity index (χ4n) is 3.08. The van der Waals surface area contributed by atoms with E-state index in [4.69, 9.17) is 14.7 Å². The molecule has 0 spiro atoms. The summed E-state index contributed by atoms with van der Waals surface area (Å²) in [6.45, 7) is 3.50. The first-order valence-electron chi connectivity index (χ1n) is 8.88. The molecule has 5 heteroatoms. The van der Waals surface area contributed by atoms with E-state index in [1.807, 2.05) is 49.4 Å². The summed E-state index contributed by atoms with van der Waals surface area (Å²) in [6, 6.07) is 17.6. The molecule has 26 heavy (non-hydrogen) atoms. The molecule has 0 atom stereocenters. The summed E-state index contributed by atoms with van der Waals surface area (Å²) in [4.78, 5) is 13.5. The number of nitriles is 1. The maximum atomic E-state index is 11.8. The highest BCUT2D eigenvalue weighted by atomic mass is 16.6. The topological polar surface area (TPSA) is 62.6 Å². The summed E-state index contributed by atoms with van der Waals surface area (Å²) in [7, 11) is 0. The van der Waals surface area contributed by atoms with Crippen LogP contribution < -0.4 is 4.74 Å². The molecule has 0 aromatic heterocycles. The van der Waals surface area contributed by atoms with Gasteiger partial charge in [-0.05, 0) is 42.3 Å². The Morgan fingerprint density at radius 1 is 1.15 bits per heavy atom. The van der Waals surface area contributed by atoms with Crippen LogP contribution in [0.1, 0.15) is 25.3 Å². The van der Waals surface area contributed by atoms with E-state index in [2.05, 4.69) is 6.07 Å². The molecule has 1 heterocycles. The molecule has 3 rings (SSSR count). The minimum atomic E-state index is -0.245. The quantitative estimate of drug-likeness (QED) is 0.828. The Hall–Kier alpha value is -3.00. The van der Waals surface area contributed by atoms with Crippen molar-refractivity contribution in [1.82, 2.24) is 4.90 Å². The molecule has 1 fully saturated rings. The monoisotopic (exact) mass is 350 g/mol. The second-order valence-corrected chi connectivity index (χ2v) is 6.22. The smallest absolute Gasteiger partial charge is 0.409 e. The molecule has 5 nitrogen and oxygen atoms in total. The minimum absolute atomic E-state index is 0.0846. The molecule has 0 saturated carbocycles. The fraction of sp³-hybridized carbons (Fsp3) is 0.333. The third-order valence-electron chi connectivity index (χ3n) is 4.43. The molecular weight excluding hydrogens is 328 g/mol. The minimum Gasteiger partial charge on any atom is -0.490 e. The molecule has 0 radical (unpaired) electrons. The van der Waals surface area contributed by atoms with Crippen LogP contribution in [0.15, 0.2) is 48.5 Å². The Bertz CT molecular complexity index is 805. The van der Waals surface area contributed by atoms with Gasteiger partial charge in [0.25, 0.3) is 0 Å². The number of hydrogen-bond donors (Lipinski definition) is 0. The van der Waals surface area contributed by atoms with Crippen molar-refractivity contribution in [3.63, 3.8) is 0 Å². The van der Waals surface area contributed by atoms with Gasteiger partial charge in [0.05, 0.1) is 18.2 Å². The van der Waals surface area contributed by atoms with Crippen LogP contribution in [0.3, 0.4) is 0 Å². The lowest BCUT2D eigenvalue weighted by Gasteiger charge is -2.31. The van der Waals surface area contributed by atoms with Gasteiger partial charge >= 0.3 is 6.09 Å². The van der Waals surface area contributed by atoms with Crippen LogP contribution in [0, 0.1) is 11.3 Å². The van der Waals surface area contributed by atoms with Crippen molar-refractivity contribution in [2.75, 3.05) is 19.7 Å². The van der Waals surface area contributed by atoms with Crippen LogP contribution in [0.5, 0.6) is 5.75 Å². The zero-order valence-electron chi connectivity index (χ0n) is 14.9. The third kappa shape index (κ3) is 4.34. The summed E-state index contributed by atoms with van der Waals surface area (Å²) in [5.74, 6) is 0.805. The number of carbonyl (C=O) groups is 1. The van der Waals surface area contributed by atoms with Crippen molar-refractivity contribution in [1.29, 1.82) is 5.26 Å². The predicted molar refractivity (Wildman–Crippen MR) is 98.8 cm³/mol. The summed E-state index contributed by atoms with van der Waals surface area (Å²) in [6.07, 6.45) is 1.41. The molecule has 1 amide bonds. The normalized spacial score (nSPS) is 14.5. The first-order chi connectivity index (χ1) is 12.7. The SMILES string of the molecule is CCOC(=O)N1CCC(Oc2cccc(-c3cccc(C#N)c3)c2)CC1. The number of ether oxygens (including phenoxy) is 2. The van der Waals surface area contributed by atoms with Crippen molar-refractivity contribution >= 4 is 6.09 Å². The van der Waals surface area contributed by atoms with Crippen molar-refractivity contribution in [3.8, 4) is 22.9 Å². The highest BCUT2D eigenvalue weighted by Crippen LogP contribution is 2.26. The number of hydrogen-bond acceptors (Lipinski definition) is 4. The molecule has 134 valence electrons. The first-order valence-corrected chi connectivity index (χ1v) is 8.88. The van der Waals surface area contributed by atoms with Gasteiger partial charge < -0.3 is 14.4 Å². The average Bonchev–Trinajstić information content (AvgIpc) is 2.69. The van der Waals surface area contributed by atoms with Gasteiger partial charge in [0.15, 0.2) is 0 Å². The zero-order chi connectivity index (χ0) is 18.4. The molecule has 1 aliphatic heterocycles. The van der Waals surface area contributed by atoms with E-state index in [1.165, 1.54) is 0 Å². The summed E-state index contributed by atoms with van der Waals surface area (Å²) >= 11 is 0. The molecule has 2 aromatic carbocycles. The molecular formula is C21H22N2O3. The van der Waals surface area contributed by atoms with Crippen LogP contribution in [-0.4, -0.2) is 36.8 Å². The summed E-state index contributed by atoms with van der Waals surface area (Å²) in [5.41, 5.74) is 2.65. The van der Waals surface area contributed by atoms with Crippen molar-refractivity contribution in [2.45, 2.75) is 25.9 Å². The van der Waals surface area contributed by atoms with E-state index in [1.54, 1.807) is 11.0 Å². The number of benzene rings is 2. The molecule has 0 unspecified atom stereocenters. The summed E-state index contributed by atoms with van der Waals surface area (Å²) < 4.78 is 11.2. The number of nitrogens with zero attached hydrogens (tertiary/aromatic N) is 2. The second-order valence-electron chi connectivity index (χ2n) is 6.22. The number of amides is 1. The van der Waals surface area contributed by atoms with Crippen LogP contribution >= 0.6 is 0 Å². The van der Waals surface area contributed by atoms with Gasteiger partial charge in [-0.25, -0.2) is 4.79 Å². The van der Waals surface area contributed by atoms with E-state index in [-0.39, 0.29) is 12.2 Å². The van der Waals surface area contributed by atoms with Gasteiger partial charge in [-0.15, -0.1) is 0 Å². The zero-order valence-corrected chi connectivity index (χ0v) is 14.9. The predicted octanol–water partition coefficient (Wildman–Crippen LogP) is 4.22. The number of piperidine rings is 1. The van der Waals surface area contributed by atoms with E-state index >= 15 is 0 Å². The molecule has 0 aliphatic carbocycles. The van der Waals surface area contributed by atoms with E-state index in [0.29, 0.717) is 25.3 Å². The molecule has 0 bridgehead atoms. The van der Waals surface area contributed by atoms with Gasteiger partial charge in [0, 0.05) is 25.9 Å².